The average molecular weight is 200 g/mol. The fourth-order valence-corrected chi connectivity index (χ4v) is 1.43. The largest absolute Gasteiger partial charge is 0.366 e. The number of hydrogen-bond donors (Lipinski definition) is 0. The van der Waals surface area contributed by atoms with Gasteiger partial charge in [0.15, 0.2) is 5.78 Å². The number of rotatable bonds is 3. The Morgan fingerprint density at radius 1 is 1.47 bits per heavy atom. The third-order valence-corrected chi connectivity index (χ3v) is 2.21. The summed E-state index contributed by atoms with van der Waals surface area (Å²) in [5, 5.41) is 0. The fraction of sp³-hybridized carbons (Fsp3) is 0.167. The first-order valence-electron chi connectivity index (χ1n) is 4.87. The molecule has 1 aromatic heterocycles. The van der Waals surface area contributed by atoms with E-state index in [1.165, 1.54) is 0 Å². The lowest BCUT2D eigenvalue weighted by molar-refractivity contribution is 0.0959. The summed E-state index contributed by atoms with van der Waals surface area (Å²) in [6.07, 6.45) is 11.1. The second-order valence-corrected chi connectivity index (χ2v) is 3.36. The van der Waals surface area contributed by atoms with Crippen molar-refractivity contribution in [3.63, 3.8) is 0 Å². The van der Waals surface area contributed by atoms with Crippen molar-refractivity contribution >= 4 is 5.78 Å². The van der Waals surface area contributed by atoms with E-state index in [4.69, 9.17) is 0 Å². The Bertz CT molecular complexity index is 395. The van der Waals surface area contributed by atoms with Crippen molar-refractivity contribution in [1.29, 1.82) is 0 Å². The van der Waals surface area contributed by atoms with E-state index in [1.807, 2.05) is 29.3 Å². The Morgan fingerprint density at radius 2 is 2.40 bits per heavy atom. The van der Waals surface area contributed by atoms with Gasteiger partial charge < -0.3 is 4.90 Å². The second-order valence-electron chi connectivity index (χ2n) is 3.36. The minimum Gasteiger partial charge on any atom is -0.366 e. The Hall–Kier alpha value is -1.90. The molecule has 0 bridgehead atoms. The van der Waals surface area contributed by atoms with Gasteiger partial charge in [-0.2, -0.15) is 0 Å². The van der Waals surface area contributed by atoms with E-state index in [1.54, 1.807) is 24.5 Å². The SMILES string of the molecule is O=C(CN1C=CC=CC1)c1cccnc1. The maximum atomic E-state index is 11.8. The third-order valence-electron chi connectivity index (χ3n) is 2.21. The maximum absolute atomic E-state index is 11.8. The Balaban J connectivity index is 1.98. The van der Waals surface area contributed by atoms with Gasteiger partial charge in [0.05, 0.1) is 6.54 Å². The maximum Gasteiger partial charge on any atom is 0.183 e. The molecule has 3 nitrogen and oxygen atoms in total. The fourth-order valence-electron chi connectivity index (χ4n) is 1.43. The van der Waals surface area contributed by atoms with Crippen LogP contribution >= 0.6 is 0 Å². The van der Waals surface area contributed by atoms with Gasteiger partial charge >= 0.3 is 0 Å². The normalized spacial score (nSPS) is 14.3. The first kappa shape index (κ1) is 9.65. The van der Waals surface area contributed by atoms with E-state index in [9.17, 15) is 4.79 Å². The van der Waals surface area contributed by atoms with Gasteiger partial charge in [-0.25, -0.2) is 0 Å². The molecule has 0 aromatic carbocycles. The smallest absolute Gasteiger partial charge is 0.183 e. The predicted molar refractivity (Wildman–Crippen MR) is 58.4 cm³/mol. The zero-order chi connectivity index (χ0) is 10.5. The summed E-state index contributed by atoms with van der Waals surface area (Å²) in [6.45, 7) is 1.20. The quantitative estimate of drug-likeness (QED) is 0.695. The minimum absolute atomic E-state index is 0.100. The number of Topliss-reactive ketones (excluding diaryl/α,β-unsaturated/α-hetero) is 1. The molecule has 2 rings (SSSR count). The van der Waals surface area contributed by atoms with Crippen molar-refractivity contribution in [3.8, 4) is 0 Å². The van der Waals surface area contributed by atoms with Gasteiger partial charge in [0.2, 0.25) is 0 Å². The molecular formula is C12H12N2O. The first-order valence-corrected chi connectivity index (χ1v) is 4.87. The molecule has 15 heavy (non-hydrogen) atoms. The van der Waals surface area contributed by atoms with Crippen molar-refractivity contribution in [1.82, 2.24) is 9.88 Å². The number of pyridine rings is 1. The van der Waals surface area contributed by atoms with Crippen LogP contribution in [0.1, 0.15) is 10.4 Å². The van der Waals surface area contributed by atoms with Crippen LogP contribution < -0.4 is 0 Å². The van der Waals surface area contributed by atoms with E-state index in [2.05, 4.69) is 4.98 Å². The molecule has 0 unspecified atom stereocenters. The Labute approximate surface area is 88.7 Å². The summed E-state index contributed by atoms with van der Waals surface area (Å²) in [5.74, 6) is 0.100. The molecule has 0 atom stereocenters. The highest BCUT2D eigenvalue weighted by atomic mass is 16.1. The molecule has 1 aromatic rings. The van der Waals surface area contributed by atoms with Gasteiger partial charge in [0.25, 0.3) is 0 Å². The van der Waals surface area contributed by atoms with Crippen molar-refractivity contribution < 1.29 is 4.79 Å². The lowest BCUT2D eigenvalue weighted by Gasteiger charge is -2.19. The van der Waals surface area contributed by atoms with E-state index in [0.29, 0.717) is 12.1 Å². The molecule has 0 saturated carbocycles. The van der Waals surface area contributed by atoms with Crippen molar-refractivity contribution in [3.05, 3.63) is 54.5 Å². The van der Waals surface area contributed by atoms with Gasteiger partial charge in [-0.1, -0.05) is 12.2 Å². The molecule has 0 saturated heterocycles. The summed E-state index contributed by atoms with van der Waals surface area (Å²) in [7, 11) is 0. The van der Waals surface area contributed by atoms with Crippen LogP contribution in [0.3, 0.4) is 0 Å². The lowest BCUT2D eigenvalue weighted by atomic mass is 10.2. The van der Waals surface area contributed by atoms with Crippen LogP contribution in [0.25, 0.3) is 0 Å². The molecule has 0 aliphatic carbocycles. The predicted octanol–water partition coefficient (Wildman–Crippen LogP) is 1.65. The number of carbonyl (C=O) groups is 1. The van der Waals surface area contributed by atoms with Gasteiger partial charge in [-0.15, -0.1) is 0 Å². The van der Waals surface area contributed by atoms with Crippen LogP contribution in [0, 0.1) is 0 Å². The molecule has 0 N–H and O–H groups in total. The topological polar surface area (TPSA) is 33.2 Å². The van der Waals surface area contributed by atoms with E-state index < -0.39 is 0 Å². The molecule has 2 heterocycles. The number of aromatic nitrogens is 1. The second kappa shape index (κ2) is 4.55. The molecule has 0 spiro atoms. The van der Waals surface area contributed by atoms with Crippen LogP contribution in [0.2, 0.25) is 0 Å². The highest BCUT2D eigenvalue weighted by Crippen LogP contribution is 2.03. The number of nitrogens with zero attached hydrogens (tertiary/aromatic N) is 2. The van der Waals surface area contributed by atoms with Crippen molar-refractivity contribution in [2.24, 2.45) is 0 Å². The van der Waals surface area contributed by atoms with Gasteiger partial charge in [0, 0.05) is 24.5 Å². The van der Waals surface area contributed by atoms with Gasteiger partial charge in [-0.3, -0.25) is 9.78 Å². The molecule has 0 fully saturated rings. The summed E-state index contributed by atoms with van der Waals surface area (Å²) in [4.78, 5) is 17.7. The van der Waals surface area contributed by atoms with Gasteiger partial charge in [-0.05, 0) is 24.4 Å². The van der Waals surface area contributed by atoms with Crippen LogP contribution in [-0.4, -0.2) is 28.8 Å². The van der Waals surface area contributed by atoms with Gasteiger partial charge in [0.1, 0.15) is 0 Å². The third kappa shape index (κ3) is 2.53. The van der Waals surface area contributed by atoms with E-state index in [0.717, 1.165) is 6.54 Å². The molecule has 3 heteroatoms. The van der Waals surface area contributed by atoms with Crippen LogP contribution in [0.4, 0.5) is 0 Å². The molecule has 1 aliphatic rings. The average Bonchev–Trinajstić information content (AvgIpc) is 2.31. The Morgan fingerprint density at radius 3 is 3.07 bits per heavy atom. The molecule has 0 amide bonds. The van der Waals surface area contributed by atoms with Crippen molar-refractivity contribution in [2.75, 3.05) is 13.1 Å². The van der Waals surface area contributed by atoms with E-state index in [-0.39, 0.29) is 5.78 Å². The standard InChI is InChI=1S/C12H12N2O/c15-12(11-5-4-6-13-9-11)10-14-7-2-1-3-8-14/h1-7,9H,8,10H2. The van der Waals surface area contributed by atoms with E-state index >= 15 is 0 Å². The van der Waals surface area contributed by atoms with Crippen LogP contribution in [0.5, 0.6) is 0 Å². The van der Waals surface area contributed by atoms with Crippen molar-refractivity contribution in [2.45, 2.75) is 0 Å². The molecule has 76 valence electrons. The van der Waals surface area contributed by atoms with Crippen LogP contribution in [0.15, 0.2) is 49.0 Å². The highest BCUT2D eigenvalue weighted by molar-refractivity contribution is 5.97. The number of ketones is 1. The summed E-state index contributed by atoms with van der Waals surface area (Å²) in [6, 6.07) is 3.57. The molecular weight excluding hydrogens is 188 g/mol. The molecule has 1 aliphatic heterocycles. The highest BCUT2D eigenvalue weighted by Gasteiger charge is 2.09. The number of carbonyl (C=O) groups excluding carboxylic acids is 1. The monoisotopic (exact) mass is 200 g/mol. The zero-order valence-corrected chi connectivity index (χ0v) is 8.34. The first-order chi connectivity index (χ1) is 7.36. The number of allylic oxidation sites excluding steroid dienone is 2. The summed E-state index contributed by atoms with van der Waals surface area (Å²) >= 11 is 0. The summed E-state index contributed by atoms with van der Waals surface area (Å²) in [5.41, 5.74) is 0.667. The number of hydrogen-bond acceptors (Lipinski definition) is 3. The molecule has 0 radical (unpaired) electrons. The van der Waals surface area contributed by atoms with Crippen LogP contribution in [-0.2, 0) is 0 Å². The lowest BCUT2D eigenvalue weighted by Crippen LogP contribution is -2.26. The zero-order valence-electron chi connectivity index (χ0n) is 8.34. The Kier molecular flexibility index (Phi) is 2.93. The summed E-state index contributed by atoms with van der Waals surface area (Å²) < 4.78 is 0. The minimum atomic E-state index is 0.100.